The molecule has 0 aliphatic carbocycles. The summed E-state index contributed by atoms with van der Waals surface area (Å²) in [5.74, 6) is 0.279. The minimum absolute atomic E-state index is 0.00741. The summed E-state index contributed by atoms with van der Waals surface area (Å²) in [6.07, 6.45) is 11.5. The number of allylic oxidation sites excluding steroid dienone is 6. The van der Waals surface area contributed by atoms with Gasteiger partial charge in [-0.2, -0.15) is 0 Å². The molecule has 0 saturated carbocycles. The molecule has 1 aliphatic heterocycles. The maximum atomic E-state index is 12.3. The van der Waals surface area contributed by atoms with Crippen molar-refractivity contribution in [3.8, 4) is 0 Å². The third-order valence-electron chi connectivity index (χ3n) is 7.58. The molecule has 1 aliphatic rings. The van der Waals surface area contributed by atoms with Crippen LogP contribution >= 0.6 is 11.8 Å². The minimum atomic E-state index is 0.00741. The van der Waals surface area contributed by atoms with E-state index < -0.39 is 0 Å². The van der Waals surface area contributed by atoms with E-state index in [1.54, 1.807) is 13.0 Å². The Bertz CT molecular complexity index is 1120. The molecule has 214 valence electrons. The fraction of sp³-hybridized carbons (Fsp3) is 0.529. The van der Waals surface area contributed by atoms with Crippen molar-refractivity contribution in [1.29, 1.82) is 0 Å². The van der Waals surface area contributed by atoms with Crippen LogP contribution in [0, 0.1) is 12.8 Å². The quantitative estimate of drug-likeness (QED) is 0.107. The van der Waals surface area contributed by atoms with Crippen LogP contribution < -0.4 is 0 Å². The first kappa shape index (κ1) is 32.8. The van der Waals surface area contributed by atoms with Crippen LogP contribution in [0.15, 0.2) is 68.6 Å². The second kappa shape index (κ2) is 16.7. The van der Waals surface area contributed by atoms with Crippen molar-refractivity contribution in [2.45, 2.75) is 86.5 Å². The predicted octanol–water partition coefficient (Wildman–Crippen LogP) is 8.70. The average Bonchev–Trinajstić information content (AvgIpc) is 2.93. The second-order valence-electron chi connectivity index (χ2n) is 10.6. The van der Waals surface area contributed by atoms with E-state index in [1.807, 2.05) is 11.8 Å². The van der Waals surface area contributed by atoms with Gasteiger partial charge in [-0.15, -0.1) is 0 Å². The number of benzene rings is 1. The van der Waals surface area contributed by atoms with Crippen molar-refractivity contribution < 1.29 is 4.79 Å². The molecule has 1 atom stereocenters. The number of hydrogen-bond acceptors (Lipinski definition) is 5. The molecule has 1 heterocycles. The molecule has 1 aromatic rings. The standard InChI is InChI=1S/C34H51N3OS/c1-10-18-36-19-21-37(22-20-36)31(13-4)16-17-32(26(6)12-3)35-33(23-28(8)38)30-15-14-27(7)34(24-30)39-29(9)25(5)11-2/h13-17,23-24,26H,10-12,18-22H2,1-9H3/b17-16-,29-25+,31-13+,33-23-,35-32-. The molecule has 1 fully saturated rings. The number of ketones is 1. The van der Waals surface area contributed by atoms with Crippen LogP contribution in [0.5, 0.6) is 0 Å². The third-order valence-corrected chi connectivity index (χ3v) is 8.90. The average molecular weight is 550 g/mol. The SMILES string of the molecule is C\C=C(/C=C\C(=N\C(=C/C(C)=O)c1ccc(C)c(S/C(C)=C(\C)CC)c1)C(C)CC)N1CCN(CCC)CC1. The van der Waals surface area contributed by atoms with Gasteiger partial charge in [-0.25, -0.2) is 0 Å². The van der Waals surface area contributed by atoms with Gasteiger partial charge >= 0.3 is 0 Å². The van der Waals surface area contributed by atoms with Gasteiger partial charge in [-0.3, -0.25) is 14.7 Å². The summed E-state index contributed by atoms with van der Waals surface area (Å²) in [5.41, 5.74) is 6.58. The Labute approximate surface area is 243 Å². The number of nitrogens with zero attached hydrogens (tertiary/aromatic N) is 3. The van der Waals surface area contributed by atoms with Gasteiger partial charge in [0.15, 0.2) is 5.78 Å². The van der Waals surface area contributed by atoms with E-state index >= 15 is 0 Å². The van der Waals surface area contributed by atoms with Crippen molar-refractivity contribution in [3.63, 3.8) is 0 Å². The zero-order valence-corrected chi connectivity index (χ0v) is 26.8. The Morgan fingerprint density at radius 1 is 1.08 bits per heavy atom. The molecule has 0 N–H and O–H groups in total. The van der Waals surface area contributed by atoms with Crippen LogP contribution in [0.2, 0.25) is 0 Å². The normalized spacial score (nSPS) is 17.6. The highest BCUT2D eigenvalue weighted by Crippen LogP contribution is 2.34. The lowest BCUT2D eigenvalue weighted by Gasteiger charge is -2.36. The van der Waals surface area contributed by atoms with E-state index in [0.29, 0.717) is 0 Å². The van der Waals surface area contributed by atoms with Gasteiger partial charge in [0, 0.05) is 54.1 Å². The fourth-order valence-electron chi connectivity index (χ4n) is 4.50. The summed E-state index contributed by atoms with van der Waals surface area (Å²) in [4.78, 5) is 25.0. The van der Waals surface area contributed by atoms with Crippen LogP contribution in [0.3, 0.4) is 0 Å². The number of carbonyl (C=O) groups excluding carboxylic acids is 1. The van der Waals surface area contributed by atoms with E-state index in [9.17, 15) is 4.79 Å². The third kappa shape index (κ3) is 10.3. The topological polar surface area (TPSA) is 35.9 Å². The lowest BCUT2D eigenvalue weighted by Crippen LogP contribution is -2.45. The molecule has 0 bridgehead atoms. The number of carbonyl (C=O) groups is 1. The number of aryl methyl sites for hydroxylation is 1. The molecule has 5 heteroatoms. The first-order valence-corrected chi connectivity index (χ1v) is 15.5. The van der Waals surface area contributed by atoms with Crippen LogP contribution in [0.1, 0.15) is 85.8 Å². The van der Waals surface area contributed by atoms with Gasteiger partial charge < -0.3 is 4.90 Å². The number of rotatable bonds is 13. The lowest BCUT2D eigenvalue weighted by atomic mass is 10.0. The van der Waals surface area contributed by atoms with Gasteiger partial charge in [0.2, 0.25) is 0 Å². The minimum Gasteiger partial charge on any atom is -0.369 e. The Morgan fingerprint density at radius 2 is 1.77 bits per heavy atom. The molecule has 0 amide bonds. The summed E-state index contributed by atoms with van der Waals surface area (Å²) in [6, 6.07) is 6.43. The highest BCUT2D eigenvalue weighted by Gasteiger charge is 2.17. The van der Waals surface area contributed by atoms with E-state index in [0.717, 1.165) is 56.0 Å². The Kier molecular flexibility index (Phi) is 14.0. The summed E-state index contributed by atoms with van der Waals surface area (Å²) >= 11 is 1.81. The van der Waals surface area contributed by atoms with Crippen LogP contribution in [-0.4, -0.2) is 54.0 Å². The molecule has 0 radical (unpaired) electrons. The second-order valence-corrected chi connectivity index (χ2v) is 11.9. The van der Waals surface area contributed by atoms with Gasteiger partial charge in [0.1, 0.15) is 0 Å². The van der Waals surface area contributed by atoms with Crippen LogP contribution in [-0.2, 0) is 4.79 Å². The monoisotopic (exact) mass is 549 g/mol. The molecule has 0 aromatic heterocycles. The van der Waals surface area contributed by atoms with Gasteiger partial charge in [0.25, 0.3) is 0 Å². The lowest BCUT2D eigenvalue weighted by molar-refractivity contribution is -0.112. The zero-order chi connectivity index (χ0) is 28.9. The fourth-order valence-corrected chi connectivity index (χ4v) is 5.57. The Balaban J connectivity index is 2.43. The first-order chi connectivity index (χ1) is 18.6. The number of hydrogen-bond donors (Lipinski definition) is 0. The van der Waals surface area contributed by atoms with Crippen molar-refractivity contribution in [1.82, 2.24) is 9.80 Å². The molecule has 1 saturated heterocycles. The molecular weight excluding hydrogens is 498 g/mol. The smallest absolute Gasteiger partial charge is 0.154 e. The van der Waals surface area contributed by atoms with Crippen molar-refractivity contribution in [2.24, 2.45) is 10.9 Å². The molecular formula is C34H51N3OS. The Morgan fingerprint density at radius 3 is 2.33 bits per heavy atom. The van der Waals surface area contributed by atoms with Crippen molar-refractivity contribution in [2.75, 3.05) is 32.7 Å². The largest absolute Gasteiger partial charge is 0.369 e. The highest BCUT2D eigenvalue weighted by molar-refractivity contribution is 8.03. The number of aliphatic imine (C=N–C) groups is 1. The van der Waals surface area contributed by atoms with Crippen molar-refractivity contribution in [3.05, 3.63) is 69.8 Å². The van der Waals surface area contributed by atoms with Gasteiger partial charge in [-0.05, 0) is 95.0 Å². The molecule has 4 nitrogen and oxygen atoms in total. The Hall–Kier alpha value is -2.37. The van der Waals surface area contributed by atoms with E-state index in [-0.39, 0.29) is 11.7 Å². The molecule has 39 heavy (non-hydrogen) atoms. The molecule has 2 rings (SSSR count). The van der Waals surface area contributed by atoms with E-state index in [2.05, 4.69) is 102 Å². The van der Waals surface area contributed by atoms with Crippen molar-refractivity contribution >= 4 is 29.0 Å². The summed E-state index contributed by atoms with van der Waals surface area (Å²) in [5, 5.41) is 0. The van der Waals surface area contributed by atoms with Gasteiger partial charge in [0.05, 0.1) is 5.70 Å². The summed E-state index contributed by atoms with van der Waals surface area (Å²) in [7, 11) is 0. The molecule has 0 spiro atoms. The molecule has 1 unspecified atom stereocenters. The maximum Gasteiger partial charge on any atom is 0.154 e. The first-order valence-electron chi connectivity index (χ1n) is 14.7. The van der Waals surface area contributed by atoms with E-state index in [4.69, 9.17) is 4.99 Å². The van der Waals surface area contributed by atoms with E-state index in [1.165, 1.54) is 39.6 Å². The summed E-state index contributed by atoms with van der Waals surface area (Å²) < 4.78 is 0. The number of piperazine rings is 1. The zero-order valence-electron chi connectivity index (χ0n) is 25.9. The predicted molar refractivity (Wildman–Crippen MR) is 172 cm³/mol. The maximum absolute atomic E-state index is 12.3. The number of thioether (sulfide) groups is 1. The van der Waals surface area contributed by atoms with Crippen LogP contribution in [0.25, 0.3) is 5.70 Å². The summed E-state index contributed by atoms with van der Waals surface area (Å²) in [6.45, 7) is 24.6. The molecule has 1 aromatic carbocycles. The highest BCUT2D eigenvalue weighted by atomic mass is 32.2. The van der Waals surface area contributed by atoms with Crippen LogP contribution in [0.4, 0.5) is 0 Å². The van der Waals surface area contributed by atoms with Gasteiger partial charge in [-0.1, -0.05) is 63.2 Å².